The Labute approximate surface area is 60.8 Å². The quantitative estimate of drug-likeness (QED) is 0.439. The van der Waals surface area contributed by atoms with E-state index in [9.17, 15) is 0 Å². The number of piperidine rings is 1. The first-order valence-corrected chi connectivity index (χ1v) is 3.94. The molecule has 0 amide bonds. The first-order valence-electron chi connectivity index (χ1n) is 3.94. The summed E-state index contributed by atoms with van der Waals surface area (Å²) in [6.07, 6.45) is -0.337. The second-order valence-corrected chi connectivity index (χ2v) is 3.35. The molecule has 0 aromatic heterocycles. The topological polar surface area (TPSA) is 44.3 Å². The molecule has 1 heterocycles. The van der Waals surface area contributed by atoms with Crippen molar-refractivity contribution in [1.29, 1.82) is 0 Å². The standard InChI is InChI=1S/C7H14N2O/c1-4(10)9-7-5-2-8-3-6(5)7/h4-10H,2-3H2,1H3/t4?,5-,6+,7?. The summed E-state index contributed by atoms with van der Waals surface area (Å²) in [6.45, 7) is 4.05. The molecule has 2 aliphatic rings. The van der Waals surface area contributed by atoms with Crippen molar-refractivity contribution in [3.63, 3.8) is 0 Å². The lowest BCUT2D eigenvalue weighted by Gasteiger charge is -2.08. The molecule has 2 rings (SSSR count). The van der Waals surface area contributed by atoms with Gasteiger partial charge in [-0.3, -0.25) is 5.32 Å². The van der Waals surface area contributed by atoms with Crippen LogP contribution in [0.5, 0.6) is 0 Å². The minimum absolute atomic E-state index is 0.337. The fraction of sp³-hybridized carbons (Fsp3) is 1.00. The van der Waals surface area contributed by atoms with Crippen molar-refractivity contribution >= 4 is 0 Å². The van der Waals surface area contributed by atoms with Gasteiger partial charge in [-0.2, -0.15) is 0 Å². The van der Waals surface area contributed by atoms with Crippen LogP contribution in [0.2, 0.25) is 0 Å². The maximum absolute atomic E-state index is 8.99. The molecule has 3 heteroatoms. The van der Waals surface area contributed by atoms with Crippen LogP contribution >= 0.6 is 0 Å². The van der Waals surface area contributed by atoms with Crippen molar-refractivity contribution in [3.05, 3.63) is 0 Å². The number of aliphatic hydroxyl groups excluding tert-OH is 1. The zero-order valence-corrected chi connectivity index (χ0v) is 6.17. The van der Waals surface area contributed by atoms with Gasteiger partial charge < -0.3 is 10.4 Å². The minimum Gasteiger partial charge on any atom is -0.379 e. The van der Waals surface area contributed by atoms with E-state index in [1.807, 2.05) is 0 Å². The summed E-state index contributed by atoms with van der Waals surface area (Å²) in [5, 5.41) is 15.4. The molecule has 0 spiro atoms. The van der Waals surface area contributed by atoms with Gasteiger partial charge in [0.2, 0.25) is 0 Å². The third kappa shape index (κ3) is 0.944. The molecule has 0 radical (unpaired) electrons. The van der Waals surface area contributed by atoms with E-state index in [4.69, 9.17) is 5.11 Å². The van der Waals surface area contributed by atoms with E-state index in [1.54, 1.807) is 6.92 Å². The number of hydrogen-bond donors (Lipinski definition) is 3. The monoisotopic (exact) mass is 142 g/mol. The summed E-state index contributed by atoms with van der Waals surface area (Å²) in [6, 6.07) is 0.598. The molecular weight excluding hydrogens is 128 g/mol. The van der Waals surface area contributed by atoms with Crippen molar-refractivity contribution in [3.8, 4) is 0 Å². The zero-order valence-electron chi connectivity index (χ0n) is 6.17. The van der Waals surface area contributed by atoms with Gasteiger partial charge in [0.1, 0.15) is 6.23 Å². The molecule has 2 unspecified atom stereocenters. The Morgan fingerprint density at radius 3 is 2.60 bits per heavy atom. The molecule has 3 N–H and O–H groups in total. The summed E-state index contributed by atoms with van der Waals surface area (Å²) in [5.74, 6) is 1.60. The van der Waals surface area contributed by atoms with Gasteiger partial charge in [0.05, 0.1) is 0 Å². The lowest BCUT2D eigenvalue weighted by Crippen LogP contribution is -2.33. The number of fused-ring (bicyclic) bond motifs is 1. The Morgan fingerprint density at radius 2 is 2.10 bits per heavy atom. The van der Waals surface area contributed by atoms with Gasteiger partial charge in [0, 0.05) is 6.04 Å². The predicted octanol–water partition coefficient (Wildman–Crippen LogP) is -0.868. The average Bonchev–Trinajstić information content (AvgIpc) is 2.40. The van der Waals surface area contributed by atoms with Crippen molar-refractivity contribution in [2.45, 2.75) is 19.2 Å². The molecule has 3 nitrogen and oxygen atoms in total. The van der Waals surface area contributed by atoms with Gasteiger partial charge >= 0.3 is 0 Å². The van der Waals surface area contributed by atoms with E-state index >= 15 is 0 Å². The largest absolute Gasteiger partial charge is 0.379 e. The SMILES string of the molecule is CC(O)NC1[C@H]2CNC[C@@H]12. The number of rotatable bonds is 2. The third-order valence-electron chi connectivity index (χ3n) is 2.53. The first-order chi connectivity index (χ1) is 4.79. The van der Waals surface area contributed by atoms with Crippen LogP contribution in [0.25, 0.3) is 0 Å². The Balaban J connectivity index is 1.79. The highest BCUT2D eigenvalue weighted by Gasteiger charge is 2.52. The number of hydrogen-bond acceptors (Lipinski definition) is 3. The van der Waals surface area contributed by atoms with Crippen LogP contribution in [-0.4, -0.2) is 30.5 Å². The van der Waals surface area contributed by atoms with E-state index in [0.29, 0.717) is 6.04 Å². The van der Waals surface area contributed by atoms with Crippen LogP contribution in [0, 0.1) is 11.8 Å². The molecule has 0 aromatic rings. The van der Waals surface area contributed by atoms with Crippen molar-refractivity contribution < 1.29 is 5.11 Å². The van der Waals surface area contributed by atoms with Gasteiger partial charge in [-0.25, -0.2) is 0 Å². The van der Waals surface area contributed by atoms with Crippen LogP contribution in [0.1, 0.15) is 6.92 Å². The molecule has 0 bridgehead atoms. The summed E-state index contributed by atoms with van der Waals surface area (Å²) in [4.78, 5) is 0. The Hall–Kier alpha value is -0.120. The Morgan fingerprint density at radius 1 is 1.50 bits per heavy atom. The Bertz CT molecular complexity index is 128. The van der Waals surface area contributed by atoms with Crippen molar-refractivity contribution in [2.24, 2.45) is 11.8 Å². The first kappa shape index (κ1) is 6.58. The van der Waals surface area contributed by atoms with Crippen molar-refractivity contribution in [2.75, 3.05) is 13.1 Å². The van der Waals surface area contributed by atoms with E-state index in [0.717, 1.165) is 24.9 Å². The fourth-order valence-electron chi connectivity index (χ4n) is 1.94. The summed E-state index contributed by atoms with van der Waals surface area (Å²) < 4.78 is 0. The molecule has 4 atom stereocenters. The lowest BCUT2D eigenvalue weighted by molar-refractivity contribution is 0.150. The summed E-state index contributed by atoms with van der Waals surface area (Å²) in [7, 11) is 0. The van der Waals surface area contributed by atoms with E-state index in [2.05, 4.69) is 10.6 Å². The average molecular weight is 142 g/mol. The van der Waals surface area contributed by atoms with E-state index < -0.39 is 0 Å². The van der Waals surface area contributed by atoms with Crippen molar-refractivity contribution in [1.82, 2.24) is 10.6 Å². The summed E-state index contributed by atoms with van der Waals surface area (Å²) in [5.41, 5.74) is 0. The van der Waals surface area contributed by atoms with E-state index in [-0.39, 0.29) is 6.23 Å². The fourth-order valence-corrected chi connectivity index (χ4v) is 1.94. The molecule has 10 heavy (non-hydrogen) atoms. The van der Waals surface area contributed by atoms with Crippen LogP contribution in [0.15, 0.2) is 0 Å². The van der Waals surface area contributed by atoms with Crippen LogP contribution in [0.4, 0.5) is 0 Å². The normalized spacial score (nSPS) is 46.8. The van der Waals surface area contributed by atoms with Crippen LogP contribution < -0.4 is 10.6 Å². The zero-order chi connectivity index (χ0) is 7.14. The van der Waals surface area contributed by atoms with E-state index in [1.165, 1.54) is 0 Å². The molecule has 1 saturated heterocycles. The molecule has 1 aliphatic carbocycles. The van der Waals surface area contributed by atoms with Gasteiger partial charge in [0.25, 0.3) is 0 Å². The second-order valence-electron chi connectivity index (χ2n) is 3.35. The van der Waals surface area contributed by atoms with Gasteiger partial charge in [-0.05, 0) is 31.8 Å². The molecule has 2 fully saturated rings. The molecule has 0 aromatic carbocycles. The van der Waals surface area contributed by atoms with Gasteiger partial charge in [0.15, 0.2) is 0 Å². The predicted molar refractivity (Wildman–Crippen MR) is 38.5 cm³/mol. The smallest absolute Gasteiger partial charge is 0.102 e. The third-order valence-corrected chi connectivity index (χ3v) is 2.53. The maximum atomic E-state index is 8.99. The second kappa shape index (κ2) is 2.19. The van der Waals surface area contributed by atoms with Crippen LogP contribution in [-0.2, 0) is 0 Å². The van der Waals surface area contributed by atoms with Gasteiger partial charge in [-0.15, -0.1) is 0 Å². The highest BCUT2D eigenvalue weighted by atomic mass is 16.3. The number of aliphatic hydroxyl groups is 1. The molecule has 1 saturated carbocycles. The highest BCUT2D eigenvalue weighted by molar-refractivity contribution is 5.09. The van der Waals surface area contributed by atoms with Crippen LogP contribution in [0.3, 0.4) is 0 Å². The number of nitrogens with one attached hydrogen (secondary N) is 2. The molecule has 1 aliphatic heterocycles. The Kier molecular flexibility index (Phi) is 1.44. The highest BCUT2D eigenvalue weighted by Crippen LogP contribution is 2.41. The molecular formula is C7H14N2O. The van der Waals surface area contributed by atoms with Gasteiger partial charge in [-0.1, -0.05) is 0 Å². The summed E-state index contributed by atoms with van der Waals surface area (Å²) >= 11 is 0. The minimum atomic E-state index is -0.337. The lowest BCUT2D eigenvalue weighted by atomic mass is 10.4. The molecule has 58 valence electrons. The maximum Gasteiger partial charge on any atom is 0.102 e.